The molecule has 0 aliphatic carbocycles. The van der Waals surface area contributed by atoms with Crippen LogP contribution in [0, 0.1) is 0 Å². The van der Waals surface area contributed by atoms with E-state index < -0.39 is 0 Å². The highest BCUT2D eigenvalue weighted by Crippen LogP contribution is 2.26. The van der Waals surface area contributed by atoms with Crippen molar-refractivity contribution in [1.82, 2.24) is 10.1 Å². The van der Waals surface area contributed by atoms with Gasteiger partial charge in [0.2, 0.25) is 11.7 Å². The molecule has 0 radical (unpaired) electrons. The lowest BCUT2D eigenvalue weighted by Crippen LogP contribution is -1.98. The third-order valence-corrected chi connectivity index (χ3v) is 2.99. The van der Waals surface area contributed by atoms with E-state index in [1.54, 1.807) is 12.1 Å². The zero-order chi connectivity index (χ0) is 12.4. The Morgan fingerprint density at radius 1 is 1.28 bits per heavy atom. The van der Waals surface area contributed by atoms with Crippen molar-refractivity contribution >= 4 is 0 Å². The van der Waals surface area contributed by atoms with Gasteiger partial charge in [0.25, 0.3) is 0 Å². The van der Waals surface area contributed by atoms with Gasteiger partial charge in [0, 0.05) is 6.61 Å². The lowest BCUT2D eigenvalue weighted by atomic mass is 10.1. The number of hydrogen-bond donors (Lipinski definition) is 1. The smallest absolute Gasteiger partial charge is 0.231 e. The summed E-state index contributed by atoms with van der Waals surface area (Å²) in [5, 5.41) is 13.2. The molecule has 0 amide bonds. The SMILES string of the molecule is Oc1ccc(Cc2nc(C3CCCO3)no2)cc1. The Morgan fingerprint density at radius 3 is 2.83 bits per heavy atom. The Kier molecular flexibility index (Phi) is 2.98. The number of phenolic OH excluding ortho intramolecular Hbond substituents is 1. The highest BCUT2D eigenvalue weighted by molar-refractivity contribution is 5.27. The Hall–Kier alpha value is -1.88. The predicted molar refractivity (Wildman–Crippen MR) is 63.1 cm³/mol. The molecule has 94 valence electrons. The summed E-state index contributed by atoms with van der Waals surface area (Å²) in [6.07, 6.45) is 2.56. The molecule has 2 aromatic rings. The predicted octanol–water partition coefficient (Wildman–Crippen LogP) is 2.22. The second kappa shape index (κ2) is 4.78. The van der Waals surface area contributed by atoms with Crippen molar-refractivity contribution in [3.05, 3.63) is 41.5 Å². The maximum absolute atomic E-state index is 9.20. The maximum Gasteiger partial charge on any atom is 0.231 e. The van der Waals surface area contributed by atoms with E-state index in [2.05, 4.69) is 10.1 Å². The molecule has 1 aliphatic heterocycles. The number of benzene rings is 1. The van der Waals surface area contributed by atoms with Gasteiger partial charge in [-0.05, 0) is 30.5 Å². The lowest BCUT2D eigenvalue weighted by molar-refractivity contribution is 0.103. The Morgan fingerprint density at radius 2 is 2.11 bits per heavy atom. The molecule has 2 heterocycles. The van der Waals surface area contributed by atoms with E-state index in [0.29, 0.717) is 18.1 Å². The molecule has 1 aromatic heterocycles. The fourth-order valence-electron chi connectivity index (χ4n) is 2.04. The Labute approximate surface area is 104 Å². The van der Waals surface area contributed by atoms with Crippen molar-refractivity contribution in [2.75, 3.05) is 6.61 Å². The van der Waals surface area contributed by atoms with Gasteiger partial charge in [-0.25, -0.2) is 0 Å². The van der Waals surface area contributed by atoms with Gasteiger partial charge < -0.3 is 14.4 Å². The molecule has 1 N–H and O–H groups in total. The molecule has 3 rings (SSSR count). The van der Waals surface area contributed by atoms with Crippen molar-refractivity contribution in [3.8, 4) is 5.75 Å². The van der Waals surface area contributed by atoms with Gasteiger partial charge in [0.05, 0.1) is 6.42 Å². The molecule has 1 atom stereocenters. The third-order valence-electron chi connectivity index (χ3n) is 2.99. The van der Waals surface area contributed by atoms with Gasteiger partial charge in [-0.2, -0.15) is 4.98 Å². The topological polar surface area (TPSA) is 68.4 Å². The van der Waals surface area contributed by atoms with Gasteiger partial charge in [-0.1, -0.05) is 17.3 Å². The summed E-state index contributed by atoms with van der Waals surface area (Å²) in [5.41, 5.74) is 1.02. The first-order valence-electron chi connectivity index (χ1n) is 6.03. The monoisotopic (exact) mass is 246 g/mol. The summed E-state index contributed by atoms with van der Waals surface area (Å²) in [6.45, 7) is 0.770. The Bertz CT molecular complexity index is 515. The second-order valence-electron chi connectivity index (χ2n) is 4.39. The highest BCUT2D eigenvalue weighted by atomic mass is 16.5. The van der Waals surface area contributed by atoms with Crippen molar-refractivity contribution in [2.24, 2.45) is 0 Å². The number of hydrogen-bond acceptors (Lipinski definition) is 5. The fourth-order valence-corrected chi connectivity index (χ4v) is 2.04. The first kappa shape index (κ1) is 11.2. The molecule has 5 nitrogen and oxygen atoms in total. The number of phenols is 1. The normalized spacial score (nSPS) is 19.2. The molecular formula is C13H14N2O3. The molecule has 1 unspecified atom stereocenters. The first-order valence-corrected chi connectivity index (χ1v) is 6.03. The van der Waals surface area contributed by atoms with Crippen molar-refractivity contribution in [1.29, 1.82) is 0 Å². The molecule has 5 heteroatoms. The molecule has 1 aliphatic rings. The zero-order valence-corrected chi connectivity index (χ0v) is 9.87. The van der Waals surface area contributed by atoms with Crippen LogP contribution in [0.2, 0.25) is 0 Å². The van der Waals surface area contributed by atoms with Crippen LogP contribution in [-0.2, 0) is 11.2 Å². The van der Waals surface area contributed by atoms with Crippen LogP contribution in [0.15, 0.2) is 28.8 Å². The van der Waals surface area contributed by atoms with E-state index in [1.165, 1.54) is 0 Å². The van der Waals surface area contributed by atoms with E-state index in [-0.39, 0.29) is 11.9 Å². The number of aromatic hydroxyl groups is 1. The summed E-state index contributed by atoms with van der Waals surface area (Å²) in [4.78, 5) is 4.34. The minimum Gasteiger partial charge on any atom is -0.508 e. The fraction of sp³-hybridized carbons (Fsp3) is 0.385. The van der Waals surface area contributed by atoms with Gasteiger partial charge in [0.15, 0.2) is 0 Å². The molecule has 1 saturated heterocycles. The van der Waals surface area contributed by atoms with Gasteiger partial charge in [-0.3, -0.25) is 0 Å². The molecule has 1 fully saturated rings. The molecule has 0 saturated carbocycles. The quantitative estimate of drug-likeness (QED) is 0.899. The van der Waals surface area contributed by atoms with Crippen LogP contribution in [-0.4, -0.2) is 21.9 Å². The van der Waals surface area contributed by atoms with Crippen LogP contribution in [0.25, 0.3) is 0 Å². The summed E-state index contributed by atoms with van der Waals surface area (Å²) in [7, 11) is 0. The summed E-state index contributed by atoms with van der Waals surface area (Å²) in [5.74, 6) is 1.47. The highest BCUT2D eigenvalue weighted by Gasteiger charge is 2.23. The van der Waals surface area contributed by atoms with Crippen molar-refractivity contribution < 1.29 is 14.4 Å². The van der Waals surface area contributed by atoms with Crippen LogP contribution >= 0.6 is 0 Å². The molecule has 18 heavy (non-hydrogen) atoms. The average molecular weight is 246 g/mol. The third kappa shape index (κ3) is 2.36. The van der Waals surface area contributed by atoms with E-state index in [4.69, 9.17) is 9.26 Å². The van der Waals surface area contributed by atoms with E-state index in [0.717, 1.165) is 25.0 Å². The summed E-state index contributed by atoms with van der Waals surface area (Å²) < 4.78 is 10.7. The maximum atomic E-state index is 9.20. The minimum atomic E-state index is -0.0117. The number of ether oxygens (including phenoxy) is 1. The largest absolute Gasteiger partial charge is 0.508 e. The molecule has 1 aromatic carbocycles. The van der Waals surface area contributed by atoms with Crippen molar-refractivity contribution in [3.63, 3.8) is 0 Å². The lowest BCUT2D eigenvalue weighted by Gasteiger charge is -2.00. The zero-order valence-electron chi connectivity index (χ0n) is 9.87. The van der Waals surface area contributed by atoms with Gasteiger partial charge in [-0.15, -0.1) is 0 Å². The Balaban J connectivity index is 1.71. The number of aromatic nitrogens is 2. The number of rotatable bonds is 3. The number of nitrogens with zero attached hydrogens (tertiary/aromatic N) is 2. The van der Waals surface area contributed by atoms with E-state index >= 15 is 0 Å². The molecule has 0 bridgehead atoms. The van der Waals surface area contributed by atoms with E-state index in [1.807, 2.05) is 12.1 Å². The molecule has 0 spiro atoms. The van der Waals surface area contributed by atoms with Crippen LogP contribution in [0.4, 0.5) is 0 Å². The molecular weight excluding hydrogens is 232 g/mol. The standard InChI is InChI=1S/C13H14N2O3/c16-10-5-3-9(4-6-10)8-12-14-13(15-18-12)11-2-1-7-17-11/h3-6,11,16H,1-2,7-8H2. The summed E-state index contributed by atoms with van der Waals surface area (Å²) >= 11 is 0. The van der Waals surface area contributed by atoms with Crippen LogP contribution in [0.5, 0.6) is 5.75 Å². The van der Waals surface area contributed by atoms with Crippen molar-refractivity contribution in [2.45, 2.75) is 25.4 Å². The van der Waals surface area contributed by atoms with Gasteiger partial charge >= 0.3 is 0 Å². The van der Waals surface area contributed by atoms with Crippen LogP contribution in [0.1, 0.15) is 36.2 Å². The first-order chi connectivity index (χ1) is 8.81. The second-order valence-corrected chi connectivity index (χ2v) is 4.39. The minimum absolute atomic E-state index is 0.0117. The van der Waals surface area contributed by atoms with E-state index in [9.17, 15) is 5.11 Å². The average Bonchev–Trinajstić information content (AvgIpc) is 3.02. The van der Waals surface area contributed by atoms with Crippen LogP contribution < -0.4 is 0 Å². The summed E-state index contributed by atoms with van der Waals surface area (Å²) in [6, 6.07) is 6.97. The van der Waals surface area contributed by atoms with Crippen LogP contribution in [0.3, 0.4) is 0 Å². The van der Waals surface area contributed by atoms with Gasteiger partial charge in [0.1, 0.15) is 11.9 Å².